The molecule has 0 aliphatic carbocycles. The van der Waals surface area contributed by atoms with Crippen molar-refractivity contribution in [1.29, 1.82) is 0 Å². The summed E-state index contributed by atoms with van der Waals surface area (Å²) in [5, 5.41) is -0.311. The first-order valence-electron chi connectivity index (χ1n) is 8.85. The first kappa shape index (κ1) is 19.8. The van der Waals surface area contributed by atoms with Crippen molar-refractivity contribution in [3.8, 4) is 11.1 Å². The molecular weight excluding hydrogens is 458 g/mol. The van der Waals surface area contributed by atoms with Crippen molar-refractivity contribution in [1.82, 2.24) is 0 Å². The molecule has 0 spiro atoms. The zero-order valence-electron chi connectivity index (χ0n) is 15.0. The average Bonchev–Trinajstić information content (AvgIpc) is 2.75. The van der Waals surface area contributed by atoms with Crippen LogP contribution in [0.25, 0.3) is 11.1 Å². The molecule has 0 N–H and O–H groups in total. The van der Waals surface area contributed by atoms with Gasteiger partial charge in [0.05, 0.1) is 5.16 Å². The highest BCUT2D eigenvalue weighted by atomic mass is 127. The highest BCUT2D eigenvalue weighted by molar-refractivity contribution is 14.0. The van der Waals surface area contributed by atoms with E-state index in [1.165, 1.54) is 27.8 Å². The maximum absolute atomic E-state index is 3.14. The predicted octanol–water partition coefficient (Wildman–Crippen LogP) is 7.14. The molecule has 0 aromatic heterocycles. The predicted molar refractivity (Wildman–Crippen MR) is 130 cm³/mol. The number of rotatable bonds is 4. The Morgan fingerprint density at radius 2 is 0.889 bits per heavy atom. The van der Waals surface area contributed by atoms with E-state index in [2.05, 4.69) is 125 Å². The van der Waals surface area contributed by atoms with E-state index in [-0.39, 0.29) is 29.1 Å². The minimum absolute atomic E-state index is 0. The maximum atomic E-state index is 3.14. The van der Waals surface area contributed by atoms with Crippen LogP contribution < -0.4 is 0 Å². The van der Waals surface area contributed by atoms with Gasteiger partial charge < -0.3 is 0 Å². The van der Waals surface area contributed by atoms with E-state index in [1.54, 1.807) is 0 Å². The van der Waals surface area contributed by atoms with Gasteiger partial charge >= 0.3 is 0 Å². The van der Waals surface area contributed by atoms with E-state index in [9.17, 15) is 0 Å². The van der Waals surface area contributed by atoms with Crippen LogP contribution in [-0.2, 0) is 5.16 Å². The fourth-order valence-electron chi connectivity index (χ4n) is 3.58. The lowest BCUT2D eigenvalue weighted by molar-refractivity contribution is 0.899. The van der Waals surface area contributed by atoms with Crippen LogP contribution in [0.1, 0.15) is 16.7 Å². The molecule has 1 unspecified atom stereocenters. The second kappa shape index (κ2) is 8.82. The van der Waals surface area contributed by atoms with E-state index >= 15 is 0 Å². The lowest BCUT2D eigenvalue weighted by Gasteiger charge is -2.33. The molecule has 0 nitrogen and oxygen atoms in total. The standard InChI is InChI=1S/C25H21P.HI/c26-25(21-14-6-2-7-15-21,22-16-8-3-9-17-22)24-19-11-10-18-23(24)20-12-4-1-5-13-20;/h1-19H,26H2;1H. The molecule has 0 amide bonds. The average molecular weight is 480 g/mol. The molecule has 0 saturated carbocycles. The SMILES string of the molecule is I.PC(c1ccccc1)(c1ccccc1)c1ccccc1-c1ccccc1. The van der Waals surface area contributed by atoms with Crippen LogP contribution >= 0.6 is 33.2 Å². The number of benzene rings is 4. The summed E-state index contributed by atoms with van der Waals surface area (Å²) in [7, 11) is 3.14. The number of halogens is 1. The van der Waals surface area contributed by atoms with Crippen molar-refractivity contribution in [2.24, 2.45) is 0 Å². The van der Waals surface area contributed by atoms with Gasteiger partial charge in [0.1, 0.15) is 0 Å². The van der Waals surface area contributed by atoms with Gasteiger partial charge in [0.2, 0.25) is 0 Å². The van der Waals surface area contributed by atoms with E-state index in [1.807, 2.05) is 0 Å². The van der Waals surface area contributed by atoms with Crippen molar-refractivity contribution in [2.75, 3.05) is 0 Å². The molecule has 134 valence electrons. The molecule has 0 saturated heterocycles. The molecule has 0 fully saturated rings. The third-order valence-electron chi connectivity index (χ3n) is 4.89. The van der Waals surface area contributed by atoms with E-state index in [0.717, 1.165) is 0 Å². The summed E-state index contributed by atoms with van der Waals surface area (Å²) in [5.74, 6) is 0. The molecule has 4 rings (SSSR count). The van der Waals surface area contributed by atoms with Crippen LogP contribution in [0.2, 0.25) is 0 Å². The zero-order chi connectivity index (χ0) is 17.8. The van der Waals surface area contributed by atoms with E-state index < -0.39 is 0 Å². The van der Waals surface area contributed by atoms with Crippen LogP contribution in [0, 0.1) is 0 Å². The summed E-state index contributed by atoms with van der Waals surface area (Å²) in [6, 6.07) is 40.8. The van der Waals surface area contributed by atoms with Crippen LogP contribution in [0.5, 0.6) is 0 Å². The smallest absolute Gasteiger partial charge is 0.0597 e. The second-order valence-corrected chi connectivity index (χ2v) is 7.32. The summed E-state index contributed by atoms with van der Waals surface area (Å²) in [6.07, 6.45) is 0. The summed E-state index contributed by atoms with van der Waals surface area (Å²) in [5.41, 5.74) is 6.31. The van der Waals surface area contributed by atoms with Crippen molar-refractivity contribution >= 4 is 33.2 Å². The molecule has 0 aliphatic rings. The Balaban J connectivity index is 0.00000210. The van der Waals surface area contributed by atoms with Gasteiger partial charge in [-0.25, -0.2) is 0 Å². The fraction of sp³-hybridized carbons (Fsp3) is 0.0400. The van der Waals surface area contributed by atoms with Crippen LogP contribution in [0.4, 0.5) is 0 Å². The summed E-state index contributed by atoms with van der Waals surface area (Å²) >= 11 is 0. The Morgan fingerprint density at radius 1 is 0.481 bits per heavy atom. The molecular formula is C25H22IP. The summed E-state index contributed by atoms with van der Waals surface area (Å²) < 4.78 is 0. The van der Waals surface area contributed by atoms with Gasteiger partial charge in [-0.15, -0.1) is 33.2 Å². The molecule has 0 aliphatic heterocycles. The highest BCUT2D eigenvalue weighted by Gasteiger charge is 2.33. The second-order valence-electron chi connectivity index (χ2n) is 6.45. The third-order valence-corrected chi connectivity index (χ3v) is 5.87. The van der Waals surface area contributed by atoms with Gasteiger partial charge in [0, 0.05) is 0 Å². The summed E-state index contributed by atoms with van der Waals surface area (Å²) in [4.78, 5) is 0. The van der Waals surface area contributed by atoms with Gasteiger partial charge in [0.25, 0.3) is 0 Å². The minimum Gasteiger partial charge on any atom is -0.117 e. The molecule has 27 heavy (non-hydrogen) atoms. The molecule has 4 aromatic rings. The topological polar surface area (TPSA) is 0 Å². The fourth-order valence-corrected chi connectivity index (χ4v) is 4.21. The van der Waals surface area contributed by atoms with E-state index in [4.69, 9.17) is 0 Å². The Hall–Kier alpha value is -1.96. The Morgan fingerprint density at radius 3 is 1.41 bits per heavy atom. The van der Waals surface area contributed by atoms with Crippen LogP contribution in [0.15, 0.2) is 115 Å². The van der Waals surface area contributed by atoms with Crippen molar-refractivity contribution in [2.45, 2.75) is 5.16 Å². The molecule has 0 radical (unpaired) electrons. The quantitative estimate of drug-likeness (QED) is 0.166. The zero-order valence-corrected chi connectivity index (χ0v) is 18.4. The highest BCUT2D eigenvalue weighted by Crippen LogP contribution is 2.48. The Kier molecular flexibility index (Phi) is 6.46. The van der Waals surface area contributed by atoms with E-state index in [0.29, 0.717) is 0 Å². The summed E-state index contributed by atoms with van der Waals surface area (Å²) in [6.45, 7) is 0. The lowest BCUT2D eigenvalue weighted by atomic mass is 9.80. The number of hydrogen-bond acceptors (Lipinski definition) is 0. The monoisotopic (exact) mass is 480 g/mol. The van der Waals surface area contributed by atoms with Crippen molar-refractivity contribution in [3.05, 3.63) is 132 Å². The van der Waals surface area contributed by atoms with Crippen LogP contribution in [0.3, 0.4) is 0 Å². The van der Waals surface area contributed by atoms with Gasteiger partial charge in [-0.2, -0.15) is 0 Å². The van der Waals surface area contributed by atoms with Gasteiger partial charge in [-0.1, -0.05) is 115 Å². The largest absolute Gasteiger partial charge is 0.117 e. The molecule has 4 aromatic carbocycles. The minimum atomic E-state index is -0.311. The number of hydrogen-bond donors (Lipinski definition) is 0. The van der Waals surface area contributed by atoms with Gasteiger partial charge in [-0.05, 0) is 27.8 Å². The molecule has 0 heterocycles. The first-order valence-corrected chi connectivity index (χ1v) is 9.43. The Labute approximate surface area is 180 Å². The van der Waals surface area contributed by atoms with Crippen molar-refractivity contribution in [3.63, 3.8) is 0 Å². The normalized spacial score (nSPS) is 10.9. The molecule has 0 bridgehead atoms. The lowest BCUT2D eigenvalue weighted by Crippen LogP contribution is -2.22. The Bertz CT molecular complexity index is 943. The van der Waals surface area contributed by atoms with Crippen LogP contribution in [-0.4, -0.2) is 0 Å². The van der Waals surface area contributed by atoms with Crippen molar-refractivity contribution < 1.29 is 0 Å². The van der Waals surface area contributed by atoms with Gasteiger partial charge in [0.15, 0.2) is 0 Å². The van der Waals surface area contributed by atoms with Gasteiger partial charge in [-0.3, -0.25) is 0 Å². The third kappa shape index (κ3) is 3.85. The molecule has 2 heteroatoms. The maximum Gasteiger partial charge on any atom is 0.0597 e. The first-order chi connectivity index (χ1) is 12.8. The molecule has 1 atom stereocenters.